The number of nitrogens with zero attached hydrogens (tertiary/aromatic N) is 1. The van der Waals surface area contributed by atoms with Gasteiger partial charge in [0.05, 0.1) is 12.5 Å². The molecule has 0 unspecified atom stereocenters. The van der Waals surface area contributed by atoms with Crippen molar-refractivity contribution >= 4 is 18.2 Å². The topological polar surface area (TPSA) is 119 Å². The van der Waals surface area contributed by atoms with E-state index in [1.54, 1.807) is 20.8 Å². The fraction of sp³-hybridized carbons (Fsp3) is 0.667. The lowest BCUT2D eigenvalue weighted by molar-refractivity contribution is -0.138. The molecule has 8 heteroatoms. The molecule has 0 aliphatic carbocycles. The molecule has 0 bridgehead atoms. The molecule has 0 saturated heterocycles. The van der Waals surface area contributed by atoms with Gasteiger partial charge in [-0.2, -0.15) is 0 Å². The molecule has 0 aliphatic heterocycles. The van der Waals surface area contributed by atoms with E-state index in [1.807, 2.05) is 0 Å². The van der Waals surface area contributed by atoms with Crippen LogP contribution < -0.4 is 5.73 Å². The summed E-state index contributed by atoms with van der Waals surface area (Å²) in [5.74, 6) is -1.14. The quantitative estimate of drug-likeness (QED) is 0.654. The normalized spacial score (nSPS) is 12.2. The van der Waals surface area contributed by atoms with E-state index in [9.17, 15) is 14.4 Å². The maximum Gasteiger partial charge on any atom is 0.420 e. The summed E-state index contributed by atoms with van der Waals surface area (Å²) in [6.07, 6.45) is -0.297. The monoisotopic (exact) mass is 330 g/mol. The Morgan fingerprint density at radius 2 is 1.91 bits per heavy atom. The number of nitrogens with two attached hydrogens (primary N) is 1. The average molecular weight is 330 g/mol. The van der Waals surface area contributed by atoms with E-state index >= 15 is 0 Å². The second-order valence-corrected chi connectivity index (χ2v) is 5.90. The smallest absolute Gasteiger partial charge is 0.420 e. The fourth-order valence-electron chi connectivity index (χ4n) is 1.76. The SMILES string of the molecule is C=CCOC(=O)N(C(=O)OC(C)(C)C)[C@@H](CCCN)CC(=O)O. The van der Waals surface area contributed by atoms with Crippen LogP contribution in [0.4, 0.5) is 9.59 Å². The van der Waals surface area contributed by atoms with Crippen LogP contribution >= 0.6 is 0 Å². The van der Waals surface area contributed by atoms with Crippen LogP contribution in [0.1, 0.15) is 40.0 Å². The number of hydrogen-bond donors (Lipinski definition) is 2. The van der Waals surface area contributed by atoms with Crippen molar-refractivity contribution in [3.63, 3.8) is 0 Å². The Bertz CT molecular complexity index is 430. The number of carboxylic acid groups (broad SMARTS) is 1. The Morgan fingerprint density at radius 3 is 2.35 bits per heavy atom. The highest BCUT2D eigenvalue weighted by atomic mass is 16.6. The van der Waals surface area contributed by atoms with E-state index in [1.165, 1.54) is 6.08 Å². The summed E-state index contributed by atoms with van der Waals surface area (Å²) in [4.78, 5) is 36.2. The number of aliphatic carboxylic acids is 1. The number of carbonyl (C=O) groups excluding carboxylic acids is 2. The standard InChI is InChI=1S/C15H26N2O6/c1-5-9-22-13(20)17(14(21)23-15(2,3)4)11(7-6-8-16)10-12(18)19/h5,11H,1,6-10,16H2,2-4H3,(H,18,19)/t11-/m0/s1. The highest BCUT2D eigenvalue weighted by Crippen LogP contribution is 2.18. The molecule has 0 saturated carbocycles. The minimum atomic E-state index is -1.14. The van der Waals surface area contributed by atoms with Crippen molar-refractivity contribution in [2.45, 2.75) is 51.7 Å². The molecule has 0 aromatic carbocycles. The van der Waals surface area contributed by atoms with Gasteiger partial charge in [-0.1, -0.05) is 12.7 Å². The van der Waals surface area contributed by atoms with Gasteiger partial charge in [-0.3, -0.25) is 4.79 Å². The van der Waals surface area contributed by atoms with Crippen LogP contribution in [-0.2, 0) is 14.3 Å². The molecular weight excluding hydrogens is 304 g/mol. The molecule has 0 aromatic heterocycles. The third-order valence-corrected chi connectivity index (χ3v) is 2.63. The summed E-state index contributed by atoms with van der Waals surface area (Å²) in [5.41, 5.74) is 4.59. The molecule has 8 nitrogen and oxygen atoms in total. The number of ether oxygens (including phenoxy) is 2. The number of carbonyl (C=O) groups is 3. The van der Waals surface area contributed by atoms with Crippen LogP contribution in [0.2, 0.25) is 0 Å². The largest absolute Gasteiger partial charge is 0.481 e. The van der Waals surface area contributed by atoms with Gasteiger partial charge in [0.25, 0.3) is 0 Å². The van der Waals surface area contributed by atoms with Crippen molar-refractivity contribution in [1.82, 2.24) is 4.90 Å². The zero-order chi connectivity index (χ0) is 18.0. The van der Waals surface area contributed by atoms with Crippen molar-refractivity contribution < 1.29 is 29.0 Å². The van der Waals surface area contributed by atoms with Crippen LogP contribution in [0, 0.1) is 0 Å². The van der Waals surface area contributed by atoms with Gasteiger partial charge in [-0.05, 0) is 40.2 Å². The number of hydrogen-bond acceptors (Lipinski definition) is 6. The van der Waals surface area contributed by atoms with Crippen molar-refractivity contribution in [1.29, 1.82) is 0 Å². The number of carboxylic acids is 1. The van der Waals surface area contributed by atoms with Gasteiger partial charge in [0.2, 0.25) is 0 Å². The number of amides is 2. The van der Waals surface area contributed by atoms with Gasteiger partial charge in [0.15, 0.2) is 0 Å². The minimum absolute atomic E-state index is 0.102. The lowest BCUT2D eigenvalue weighted by Crippen LogP contribution is -2.48. The molecular formula is C15H26N2O6. The Hall–Kier alpha value is -2.09. The molecule has 0 rings (SSSR count). The molecule has 132 valence electrons. The molecule has 0 heterocycles. The van der Waals surface area contributed by atoms with E-state index in [2.05, 4.69) is 6.58 Å². The summed E-state index contributed by atoms with van der Waals surface area (Å²) in [6, 6.07) is -0.900. The van der Waals surface area contributed by atoms with Crippen LogP contribution in [0.15, 0.2) is 12.7 Å². The van der Waals surface area contributed by atoms with Crippen LogP contribution in [0.3, 0.4) is 0 Å². The van der Waals surface area contributed by atoms with Crippen LogP contribution in [0.5, 0.6) is 0 Å². The van der Waals surface area contributed by atoms with Gasteiger partial charge in [0.1, 0.15) is 12.2 Å². The number of imide groups is 1. The Morgan fingerprint density at radius 1 is 1.30 bits per heavy atom. The summed E-state index contributed by atoms with van der Waals surface area (Å²) in [5, 5.41) is 9.03. The van der Waals surface area contributed by atoms with Crippen LogP contribution in [-0.4, -0.2) is 53.0 Å². The summed E-state index contributed by atoms with van der Waals surface area (Å²) in [7, 11) is 0. The molecule has 0 radical (unpaired) electrons. The summed E-state index contributed by atoms with van der Waals surface area (Å²) < 4.78 is 10.1. The van der Waals surface area contributed by atoms with Crippen molar-refractivity contribution in [2.75, 3.05) is 13.2 Å². The molecule has 1 atom stereocenters. The summed E-state index contributed by atoms with van der Waals surface area (Å²) in [6.45, 7) is 8.55. The van der Waals surface area contributed by atoms with E-state index in [0.29, 0.717) is 17.9 Å². The first-order valence-corrected chi connectivity index (χ1v) is 7.34. The maximum absolute atomic E-state index is 12.3. The Labute approximate surface area is 136 Å². The van der Waals surface area contributed by atoms with Gasteiger partial charge in [-0.15, -0.1) is 0 Å². The zero-order valence-electron chi connectivity index (χ0n) is 13.9. The van der Waals surface area contributed by atoms with Gasteiger partial charge in [0, 0.05) is 0 Å². The molecule has 0 aliphatic rings. The van der Waals surface area contributed by atoms with E-state index in [0.717, 1.165) is 0 Å². The van der Waals surface area contributed by atoms with Gasteiger partial charge < -0.3 is 20.3 Å². The Balaban J connectivity index is 5.38. The predicted molar refractivity (Wildman–Crippen MR) is 83.9 cm³/mol. The highest BCUT2D eigenvalue weighted by Gasteiger charge is 2.35. The zero-order valence-corrected chi connectivity index (χ0v) is 13.9. The first kappa shape index (κ1) is 20.9. The second-order valence-electron chi connectivity index (χ2n) is 5.90. The minimum Gasteiger partial charge on any atom is -0.481 e. The molecule has 2 amide bonds. The van der Waals surface area contributed by atoms with E-state index in [4.69, 9.17) is 20.3 Å². The molecule has 0 fully saturated rings. The van der Waals surface area contributed by atoms with Gasteiger partial charge in [-0.25, -0.2) is 14.5 Å². The first-order valence-electron chi connectivity index (χ1n) is 7.34. The first-order chi connectivity index (χ1) is 10.6. The summed E-state index contributed by atoms with van der Waals surface area (Å²) >= 11 is 0. The highest BCUT2D eigenvalue weighted by molar-refractivity contribution is 5.89. The molecule has 0 spiro atoms. The van der Waals surface area contributed by atoms with E-state index < -0.39 is 36.2 Å². The second kappa shape index (κ2) is 9.83. The molecule has 0 aromatic rings. The lowest BCUT2D eigenvalue weighted by Gasteiger charge is -2.30. The van der Waals surface area contributed by atoms with Gasteiger partial charge >= 0.3 is 18.2 Å². The Kier molecular flexibility index (Phi) is 8.94. The predicted octanol–water partition coefficient (Wildman–Crippen LogP) is 2.13. The fourth-order valence-corrected chi connectivity index (χ4v) is 1.76. The maximum atomic E-state index is 12.3. The lowest BCUT2D eigenvalue weighted by atomic mass is 10.1. The average Bonchev–Trinajstić information content (AvgIpc) is 2.39. The molecule has 23 heavy (non-hydrogen) atoms. The third kappa shape index (κ3) is 8.82. The van der Waals surface area contributed by atoms with E-state index in [-0.39, 0.29) is 13.0 Å². The van der Waals surface area contributed by atoms with Crippen molar-refractivity contribution in [3.8, 4) is 0 Å². The van der Waals surface area contributed by atoms with Crippen molar-refractivity contribution in [3.05, 3.63) is 12.7 Å². The third-order valence-electron chi connectivity index (χ3n) is 2.63. The number of rotatable bonds is 8. The van der Waals surface area contributed by atoms with Crippen LogP contribution in [0.25, 0.3) is 0 Å². The van der Waals surface area contributed by atoms with Crippen molar-refractivity contribution in [2.24, 2.45) is 5.73 Å². The molecule has 3 N–H and O–H groups in total.